The van der Waals surface area contributed by atoms with Crippen LogP contribution >= 0.6 is 0 Å². The van der Waals surface area contributed by atoms with Gasteiger partial charge in [-0.15, -0.1) is 0 Å². The molecule has 1 heterocycles. The van der Waals surface area contributed by atoms with Crippen LogP contribution in [0.5, 0.6) is 0 Å². The predicted octanol–water partition coefficient (Wildman–Crippen LogP) is 0.521. The quantitative estimate of drug-likeness (QED) is 0.320. The van der Waals surface area contributed by atoms with Crippen molar-refractivity contribution in [2.24, 2.45) is 0 Å². The summed E-state index contributed by atoms with van der Waals surface area (Å²) in [5, 5.41) is -0.0417. The first-order valence-electron chi connectivity index (χ1n) is 1.35. The first kappa shape index (κ1) is 3.42. The van der Waals surface area contributed by atoms with E-state index in [0.29, 0.717) is 0 Å². The maximum Gasteiger partial charge on any atom is 0.153 e. The lowest BCUT2D eigenvalue weighted by atomic mass is 11.0. The van der Waals surface area contributed by atoms with Crippen LogP contribution in [-0.2, 0) is 9.88 Å². The van der Waals surface area contributed by atoms with Crippen LogP contribution in [0.15, 0.2) is 12.5 Å². The van der Waals surface area contributed by atoms with Gasteiger partial charge in [-0.2, -0.15) is 0 Å². The molecule has 1 rings (SSSR count). The Morgan fingerprint density at radius 1 is 1.67 bits per heavy atom. The highest BCUT2D eigenvalue weighted by atomic mass is 19.2. The van der Waals surface area contributed by atoms with E-state index in [-0.39, 0.29) is 5.29 Å². The van der Waals surface area contributed by atoms with E-state index in [2.05, 4.69) is 9.88 Å². The van der Waals surface area contributed by atoms with Gasteiger partial charge in [-0.3, -0.25) is 0 Å². The zero-order chi connectivity index (χ0) is 4.41. The monoisotopic (exact) mass is 91.0 g/mol. The van der Waals surface area contributed by atoms with Crippen LogP contribution in [0.4, 0.5) is 4.48 Å². The zero-order valence-electron chi connectivity index (χ0n) is 2.80. The van der Waals surface area contributed by atoms with E-state index in [1.807, 2.05) is 0 Å². The SMILES string of the molecule is FN1C=COO1. The van der Waals surface area contributed by atoms with E-state index in [0.717, 1.165) is 12.5 Å². The number of nitrogens with zero attached hydrogens (tertiary/aromatic N) is 1. The molecule has 1 aliphatic rings. The van der Waals surface area contributed by atoms with Crippen LogP contribution in [0, 0.1) is 0 Å². The molecule has 0 saturated heterocycles. The molecule has 0 spiro atoms. The standard InChI is InChI=1S/C2H2FNO2/c3-4-1-2-5-6-4/h1-2H. The van der Waals surface area contributed by atoms with Crippen molar-refractivity contribution < 1.29 is 14.4 Å². The van der Waals surface area contributed by atoms with Crippen LogP contribution in [0.3, 0.4) is 0 Å². The van der Waals surface area contributed by atoms with Crippen molar-refractivity contribution in [1.29, 1.82) is 0 Å². The third kappa shape index (κ3) is 0.414. The molecule has 34 valence electrons. The van der Waals surface area contributed by atoms with Crippen molar-refractivity contribution in [2.75, 3.05) is 0 Å². The second-order valence-corrected chi connectivity index (χ2v) is 0.728. The Kier molecular flexibility index (Phi) is 0.648. The summed E-state index contributed by atoms with van der Waals surface area (Å²) in [6.45, 7) is 0. The van der Waals surface area contributed by atoms with Gasteiger partial charge in [0.05, 0.1) is 0 Å². The molecule has 0 saturated carbocycles. The van der Waals surface area contributed by atoms with Crippen molar-refractivity contribution in [3.63, 3.8) is 0 Å². The first-order chi connectivity index (χ1) is 2.89. The Hall–Kier alpha value is -0.770. The van der Waals surface area contributed by atoms with E-state index in [1.165, 1.54) is 0 Å². The van der Waals surface area contributed by atoms with Crippen LogP contribution < -0.4 is 0 Å². The van der Waals surface area contributed by atoms with E-state index in [4.69, 9.17) is 0 Å². The van der Waals surface area contributed by atoms with Gasteiger partial charge in [0, 0.05) is 0 Å². The molecule has 0 N–H and O–H groups in total. The van der Waals surface area contributed by atoms with Gasteiger partial charge in [0.1, 0.15) is 6.20 Å². The van der Waals surface area contributed by atoms with Gasteiger partial charge < -0.3 is 4.89 Å². The molecule has 3 nitrogen and oxygen atoms in total. The number of rotatable bonds is 0. The summed E-state index contributed by atoms with van der Waals surface area (Å²) >= 11 is 0. The van der Waals surface area contributed by atoms with Crippen molar-refractivity contribution in [3.05, 3.63) is 12.5 Å². The maximum absolute atomic E-state index is 11.3. The van der Waals surface area contributed by atoms with E-state index in [9.17, 15) is 4.48 Å². The highest BCUT2D eigenvalue weighted by molar-refractivity contribution is 4.64. The molecular formula is C2H2FNO2. The lowest BCUT2D eigenvalue weighted by Gasteiger charge is -1.91. The van der Waals surface area contributed by atoms with Crippen molar-refractivity contribution in [1.82, 2.24) is 5.29 Å². The van der Waals surface area contributed by atoms with Crippen LogP contribution in [0.25, 0.3) is 0 Å². The number of hydrogen-bond donors (Lipinski definition) is 0. The van der Waals surface area contributed by atoms with Crippen LogP contribution in [-0.4, -0.2) is 5.29 Å². The summed E-state index contributed by atoms with van der Waals surface area (Å²) in [5.74, 6) is 0. The topological polar surface area (TPSA) is 21.7 Å². The smallest absolute Gasteiger partial charge is 0.153 e. The minimum atomic E-state index is -0.0417. The molecule has 0 aliphatic carbocycles. The number of hydroxylamine groups is 1. The Balaban J connectivity index is 2.38. The molecule has 0 atom stereocenters. The Labute approximate surface area is 33.4 Å². The van der Waals surface area contributed by atoms with Gasteiger partial charge in [-0.25, -0.2) is 0 Å². The molecule has 0 aromatic heterocycles. The largest absolute Gasteiger partial charge is 0.318 e. The van der Waals surface area contributed by atoms with Gasteiger partial charge in [0.15, 0.2) is 6.26 Å². The lowest BCUT2D eigenvalue weighted by Crippen LogP contribution is -1.95. The summed E-state index contributed by atoms with van der Waals surface area (Å²) in [6.07, 6.45) is 2.08. The molecule has 0 unspecified atom stereocenters. The summed E-state index contributed by atoms with van der Waals surface area (Å²) in [7, 11) is 0. The second-order valence-electron chi connectivity index (χ2n) is 0.728. The normalized spacial score (nSPS) is 18.5. The lowest BCUT2D eigenvalue weighted by molar-refractivity contribution is -0.415. The molecular weight excluding hydrogens is 89.0 g/mol. The van der Waals surface area contributed by atoms with Crippen molar-refractivity contribution in [2.45, 2.75) is 0 Å². The Morgan fingerprint density at radius 3 is 2.67 bits per heavy atom. The third-order valence-electron chi connectivity index (χ3n) is 0.348. The minimum absolute atomic E-state index is 0.0417. The Bertz CT molecular complexity index is 73.9. The predicted molar refractivity (Wildman–Crippen MR) is 14.3 cm³/mol. The van der Waals surface area contributed by atoms with Gasteiger partial charge in [0.2, 0.25) is 0 Å². The fourth-order valence-corrected chi connectivity index (χ4v) is 0.163. The molecule has 0 fully saturated rings. The molecule has 0 aromatic rings. The van der Waals surface area contributed by atoms with E-state index >= 15 is 0 Å². The van der Waals surface area contributed by atoms with E-state index < -0.39 is 0 Å². The number of halogens is 1. The maximum atomic E-state index is 11.3. The molecule has 6 heavy (non-hydrogen) atoms. The fraction of sp³-hybridized carbons (Fsp3) is 0. The van der Waals surface area contributed by atoms with Crippen LogP contribution in [0.1, 0.15) is 0 Å². The first-order valence-corrected chi connectivity index (χ1v) is 1.35. The molecule has 0 amide bonds. The average molecular weight is 91.0 g/mol. The molecule has 0 radical (unpaired) electrons. The summed E-state index contributed by atoms with van der Waals surface area (Å²) < 4.78 is 11.3. The average Bonchev–Trinajstić information content (AvgIpc) is 1.86. The van der Waals surface area contributed by atoms with Gasteiger partial charge >= 0.3 is 0 Å². The Morgan fingerprint density at radius 2 is 2.50 bits per heavy atom. The summed E-state index contributed by atoms with van der Waals surface area (Å²) in [4.78, 5) is 7.64. The molecule has 4 heteroatoms. The van der Waals surface area contributed by atoms with Crippen molar-refractivity contribution in [3.8, 4) is 0 Å². The van der Waals surface area contributed by atoms with E-state index in [1.54, 1.807) is 0 Å². The van der Waals surface area contributed by atoms with Crippen molar-refractivity contribution >= 4 is 0 Å². The highest BCUT2D eigenvalue weighted by Gasteiger charge is 2.00. The molecule has 1 aliphatic heterocycles. The van der Waals surface area contributed by atoms with Gasteiger partial charge in [-0.1, -0.05) is 4.48 Å². The summed E-state index contributed by atoms with van der Waals surface area (Å²) in [6, 6.07) is 0. The minimum Gasteiger partial charge on any atom is -0.318 e. The molecule has 0 bridgehead atoms. The van der Waals surface area contributed by atoms with Gasteiger partial charge in [0.25, 0.3) is 0 Å². The van der Waals surface area contributed by atoms with Crippen LogP contribution in [0.2, 0.25) is 0 Å². The molecule has 0 aromatic carbocycles. The fourth-order valence-electron chi connectivity index (χ4n) is 0.163. The third-order valence-corrected chi connectivity index (χ3v) is 0.348. The van der Waals surface area contributed by atoms with Gasteiger partial charge in [-0.05, 0) is 10.3 Å². The summed E-state index contributed by atoms with van der Waals surface area (Å²) in [5.41, 5.74) is 0. The second kappa shape index (κ2) is 1.14. The highest BCUT2D eigenvalue weighted by Crippen LogP contribution is 2.00. The zero-order valence-corrected chi connectivity index (χ0v) is 2.80. The number of hydrogen-bond acceptors (Lipinski definition) is 3.